The number of hydrogen-bond donors (Lipinski definition) is 1. The van der Waals surface area contributed by atoms with Crippen LogP contribution in [0, 0.1) is 0 Å². The summed E-state index contributed by atoms with van der Waals surface area (Å²) in [7, 11) is 5.50. The predicted molar refractivity (Wildman–Crippen MR) is 78.4 cm³/mol. The number of ether oxygens (including phenoxy) is 2. The fourth-order valence-electron chi connectivity index (χ4n) is 1.97. The van der Waals surface area contributed by atoms with Crippen LogP contribution >= 0.6 is 0 Å². The summed E-state index contributed by atoms with van der Waals surface area (Å²) in [4.78, 5) is 2.29. The highest BCUT2D eigenvalue weighted by molar-refractivity contribution is 5.27. The van der Waals surface area contributed by atoms with Crippen molar-refractivity contribution < 1.29 is 9.47 Å². The third-order valence-electron chi connectivity index (χ3n) is 3.78. The van der Waals surface area contributed by atoms with Crippen molar-refractivity contribution in [1.82, 2.24) is 4.90 Å². The smallest absolute Gasteiger partial charge is 0.118 e. The van der Waals surface area contributed by atoms with Gasteiger partial charge in [0.1, 0.15) is 5.75 Å². The summed E-state index contributed by atoms with van der Waals surface area (Å²) in [6.07, 6.45) is 0.923. The Morgan fingerprint density at radius 1 is 1.21 bits per heavy atom. The fraction of sp³-hybridized carbons (Fsp3) is 0.600. The molecule has 0 spiro atoms. The maximum Gasteiger partial charge on any atom is 0.118 e. The zero-order valence-corrected chi connectivity index (χ0v) is 12.5. The van der Waals surface area contributed by atoms with Crippen LogP contribution in [0.5, 0.6) is 5.75 Å². The number of nitrogens with zero attached hydrogens (tertiary/aromatic N) is 1. The lowest BCUT2D eigenvalue weighted by molar-refractivity contribution is 0.0839. The first-order chi connectivity index (χ1) is 9.05. The van der Waals surface area contributed by atoms with Crippen LogP contribution in [-0.4, -0.2) is 44.9 Å². The van der Waals surface area contributed by atoms with E-state index in [9.17, 15) is 0 Å². The van der Waals surface area contributed by atoms with Crippen molar-refractivity contribution in [1.29, 1.82) is 0 Å². The molecule has 4 heteroatoms. The van der Waals surface area contributed by atoms with Gasteiger partial charge in [0.05, 0.1) is 7.11 Å². The minimum atomic E-state index is -0.0457. The van der Waals surface area contributed by atoms with E-state index in [1.54, 1.807) is 14.2 Å². The van der Waals surface area contributed by atoms with E-state index in [0.29, 0.717) is 6.54 Å². The van der Waals surface area contributed by atoms with Gasteiger partial charge in [0.2, 0.25) is 0 Å². The van der Waals surface area contributed by atoms with Crippen molar-refractivity contribution in [2.75, 3.05) is 34.4 Å². The maximum atomic E-state index is 5.93. The zero-order chi connectivity index (χ0) is 14.3. The molecule has 0 fully saturated rings. The number of benzene rings is 1. The molecular formula is C15H26N2O2. The van der Waals surface area contributed by atoms with Crippen LogP contribution in [0.4, 0.5) is 0 Å². The Balaban J connectivity index is 2.67. The molecule has 1 aromatic rings. The lowest BCUT2D eigenvalue weighted by Gasteiger charge is -2.38. The second kappa shape index (κ2) is 7.48. The first-order valence-corrected chi connectivity index (χ1v) is 6.59. The number of methoxy groups -OCH3 is 2. The Morgan fingerprint density at radius 2 is 1.84 bits per heavy atom. The van der Waals surface area contributed by atoms with Gasteiger partial charge in [-0.15, -0.1) is 0 Å². The highest BCUT2D eigenvalue weighted by atomic mass is 16.5. The third-order valence-corrected chi connectivity index (χ3v) is 3.78. The van der Waals surface area contributed by atoms with E-state index in [1.807, 2.05) is 12.1 Å². The van der Waals surface area contributed by atoms with Crippen LogP contribution in [0.15, 0.2) is 24.3 Å². The van der Waals surface area contributed by atoms with Gasteiger partial charge in [-0.3, -0.25) is 4.90 Å². The highest BCUT2D eigenvalue weighted by Crippen LogP contribution is 2.20. The summed E-state index contributed by atoms with van der Waals surface area (Å²) in [5, 5.41) is 0. The molecule has 2 N–H and O–H groups in total. The van der Waals surface area contributed by atoms with Crippen LogP contribution < -0.4 is 10.5 Å². The molecule has 0 aliphatic rings. The van der Waals surface area contributed by atoms with E-state index in [4.69, 9.17) is 15.2 Å². The summed E-state index contributed by atoms with van der Waals surface area (Å²) in [6, 6.07) is 8.14. The molecule has 0 aliphatic carbocycles. The molecule has 0 heterocycles. The minimum Gasteiger partial charge on any atom is -0.497 e. The summed E-state index contributed by atoms with van der Waals surface area (Å²) >= 11 is 0. The van der Waals surface area contributed by atoms with Crippen molar-refractivity contribution in [3.05, 3.63) is 29.8 Å². The lowest BCUT2D eigenvalue weighted by atomic mass is 9.95. The average Bonchev–Trinajstić information content (AvgIpc) is 2.45. The first-order valence-electron chi connectivity index (χ1n) is 6.59. The summed E-state index contributed by atoms with van der Waals surface area (Å²) in [5.41, 5.74) is 7.14. The maximum absolute atomic E-state index is 5.93. The van der Waals surface area contributed by atoms with E-state index in [0.717, 1.165) is 25.3 Å². The van der Waals surface area contributed by atoms with Crippen LogP contribution in [0.3, 0.4) is 0 Å². The second-order valence-corrected chi connectivity index (χ2v) is 5.15. The van der Waals surface area contributed by atoms with E-state index < -0.39 is 0 Å². The highest BCUT2D eigenvalue weighted by Gasteiger charge is 2.27. The Morgan fingerprint density at radius 3 is 2.32 bits per heavy atom. The molecule has 0 amide bonds. The number of hydrogen-bond acceptors (Lipinski definition) is 4. The van der Waals surface area contributed by atoms with Crippen molar-refractivity contribution >= 4 is 0 Å². The molecule has 0 bridgehead atoms. The molecule has 1 rings (SSSR count). The molecule has 1 aromatic carbocycles. The van der Waals surface area contributed by atoms with E-state index in [-0.39, 0.29) is 5.54 Å². The van der Waals surface area contributed by atoms with Gasteiger partial charge in [-0.1, -0.05) is 12.1 Å². The van der Waals surface area contributed by atoms with Crippen LogP contribution in [0.25, 0.3) is 0 Å². The Hall–Kier alpha value is -1.10. The van der Waals surface area contributed by atoms with Crippen LogP contribution in [0.1, 0.15) is 18.9 Å². The van der Waals surface area contributed by atoms with Crippen LogP contribution in [-0.2, 0) is 11.3 Å². The number of likely N-dealkylation sites (N-methyl/N-ethyl adjacent to an activating group) is 1. The van der Waals surface area contributed by atoms with E-state index >= 15 is 0 Å². The van der Waals surface area contributed by atoms with E-state index in [1.165, 1.54) is 5.56 Å². The molecular weight excluding hydrogens is 240 g/mol. The van der Waals surface area contributed by atoms with Gasteiger partial charge in [0, 0.05) is 32.3 Å². The summed E-state index contributed by atoms with van der Waals surface area (Å²) < 4.78 is 10.3. The second-order valence-electron chi connectivity index (χ2n) is 5.15. The van der Waals surface area contributed by atoms with Gasteiger partial charge in [0.15, 0.2) is 0 Å². The topological polar surface area (TPSA) is 47.7 Å². The van der Waals surface area contributed by atoms with Gasteiger partial charge in [-0.25, -0.2) is 0 Å². The van der Waals surface area contributed by atoms with Gasteiger partial charge >= 0.3 is 0 Å². The fourth-order valence-corrected chi connectivity index (χ4v) is 1.97. The van der Waals surface area contributed by atoms with Crippen molar-refractivity contribution in [2.45, 2.75) is 25.4 Å². The summed E-state index contributed by atoms with van der Waals surface area (Å²) in [6.45, 7) is 4.38. The number of rotatable bonds is 8. The molecule has 0 aromatic heterocycles. The summed E-state index contributed by atoms with van der Waals surface area (Å²) in [5.74, 6) is 0.882. The third kappa shape index (κ3) is 4.49. The molecule has 4 nitrogen and oxygen atoms in total. The van der Waals surface area contributed by atoms with Gasteiger partial charge in [-0.2, -0.15) is 0 Å². The molecule has 0 aliphatic heterocycles. The molecule has 0 saturated heterocycles. The number of nitrogens with two attached hydrogens (primary N) is 1. The molecule has 1 unspecified atom stereocenters. The van der Waals surface area contributed by atoms with Gasteiger partial charge in [0.25, 0.3) is 0 Å². The molecule has 1 atom stereocenters. The Labute approximate surface area is 116 Å². The van der Waals surface area contributed by atoms with Crippen molar-refractivity contribution in [3.8, 4) is 5.75 Å². The Bertz CT molecular complexity index is 367. The zero-order valence-electron chi connectivity index (χ0n) is 12.5. The monoisotopic (exact) mass is 266 g/mol. The van der Waals surface area contributed by atoms with Crippen molar-refractivity contribution in [3.63, 3.8) is 0 Å². The Kier molecular flexibility index (Phi) is 6.28. The predicted octanol–water partition coefficient (Wildman–Crippen LogP) is 1.88. The van der Waals surface area contributed by atoms with E-state index in [2.05, 4.69) is 31.0 Å². The van der Waals surface area contributed by atoms with Crippen molar-refractivity contribution in [2.24, 2.45) is 5.73 Å². The van der Waals surface area contributed by atoms with Gasteiger partial charge < -0.3 is 15.2 Å². The average molecular weight is 266 g/mol. The van der Waals surface area contributed by atoms with Crippen LogP contribution in [0.2, 0.25) is 0 Å². The normalized spacial score (nSPS) is 14.4. The SMILES string of the molecule is COCCC(C)(CN)N(C)Cc1ccc(OC)cc1. The minimum absolute atomic E-state index is 0.0457. The molecule has 0 saturated carbocycles. The molecule has 19 heavy (non-hydrogen) atoms. The quantitative estimate of drug-likeness (QED) is 0.780. The standard InChI is InChI=1S/C15H26N2O2/c1-15(12-16,9-10-18-3)17(2)11-13-5-7-14(19-4)8-6-13/h5-8H,9-12,16H2,1-4H3. The first kappa shape index (κ1) is 16.0. The molecule has 108 valence electrons. The lowest BCUT2D eigenvalue weighted by Crippen LogP contribution is -2.49. The van der Waals surface area contributed by atoms with Gasteiger partial charge in [-0.05, 0) is 38.1 Å². The molecule has 0 radical (unpaired) electrons. The largest absolute Gasteiger partial charge is 0.497 e.